The summed E-state index contributed by atoms with van der Waals surface area (Å²) in [5.41, 5.74) is 5.00. The first kappa shape index (κ1) is 28.2. The molecule has 1 saturated carbocycles. The van der Waals surface area contributed by atoms with E-state index < -0.39 is 0 Å². The second-order valence-electron chi connectivity index (χ2n) is 12.2. The maximum atomic E-state index is 13.2. The minimum atomic E-state index is 0.103. The third-order valence-corrected chi connectivity index (χ3v) is 10.1. The quantitative estimate of drug-likeness (QED) is 0.371. The molecule has 1 aliphatic carbocycles. The number of amides is 1. The Labute approximate surface area is 247 Å². The highest BCUT2D eigenvalue weighted by Gasteiger charge is 2.48. The Balaban J connectivity index is 1.17. The van der Waals surface area contributed by atoms with Crippen molar-refractivity contribution in [2.24, 2.45) is 11.3 Å². The Bertz CT molecular complexity index is 1440. The number of aromatic nitrogens is 1. The van der Waals surface area contributed by atoms with Gasteiger partial charge in [-0.3, -0.25) is 4.79 Å². The lowest BCUT2D eigenvalue weighted by atomic mass is 9.57. The van der Waals surface area contributed by atoms with Gasteiger partial charge in [0.1, 0.15) is 0 Å². The number of fused-ring (bicyclic) bond motifs is 1. The molecule has 0 atom stereocenters. The monoisotopic (exact) mass is 573 g/mol. The Morgan fingerprint density at radius 1 is 1.17 bits per heavy atom. The van der Waals surface area contributed by atoms with Crippen LogP contribution in [0.2, 0.25) is 5.02 Å². The summed E-state index contributed by atoms with van der Waals surface area (Å²) in [6.45, 7) is 6.30. The van der Waals surface area contributed by atoms with Crippen LogP contribution in [0, 0.1) is 22.7 Å². The number of benzene rings is 2. The standard InChI is InChI=1S/C33H40ClN5O2/c1-36-11-14-38-12-9-33(10-13-38)18-26(19-33)32(40)37-21-25-5-6-28-29(24-4-2-3-23(17-24)20-35)22-39(31(28)30(25)34)27-7-15-41-16-8-27/h2-6,17,22,26-27,36H,7-16,18-19,21H2,1H3,(H,37,40). The van der Waals surface area contributed by atoms with Crippen molar-refractivity contribution in [3.8, 4) is 17.2 Å². The highest BCUT2D eigenvalue weighted by atomic mass is 35.5. The molecule has 41 heavy (non-hydrogen) atoms. The molecule has 0 radical (unpaired) electrons. The maximum Gasteiger partial charge on any atom is 0.223 e. The van der Waals surface area contributed by atoms with Crippen LogP contribution in [0.4, 0.5) is 0 Å². The molecule has 7 nitrogen and oxygen atoms in total. The van der Waals surface area contributed by atoms with Gasteiger partial charge in [0, 0.05) is 62.0 Å². The number of carbonyl (C=O) groups is 1. The molecule has 2 aliphatic heterocycles. The van der Waals surface area contributed by atoms with Crippen LogP contribution >= 0.6 is 11.6 Å². The van der Waals surface area contributed by atoms with Crippen LogP contribution in [-0.2, 0) is 16.1 Å². The molecule has 1 spiro atoms. The molecule has 1 aromatic heterocycles. The summed E-state index contributed by atoms with van der Waals surface area (Å²) in [5.74, 6) is 0.254. The van der Waals surface area contributed by atoms with Crippen LogP contribution in [0.15, 0.2) is 42.6 Å². The largest absolute Gasteiger partial charge is 0.381 e. The third-order valence-electron chi connectivity index (χ3n) is 9.68. The second kappa shape index (κ2) is 12.1. The summed E-state index contributed by atoms with van der Waals surface area (Å²) in [5, 5.41) is 17.7. The van der Waals surface area contributed by atoms with E-state index in [0.717, 1.165) is 92.7 Å². The smallest absolute Gasteiger partial charge is 0.223 e. The molecule has 3 aliphatic rings. The van der Waals surface area contributed by atoms with Crippen LogP contribution in [0.3, 0.4) is 0 Å². The van der Waals surface area contributed by atoms with Gasteiger partial charge in [-0.1, -0.05) is 35.9 Å². The molecule has 3 fully saturated rings. The Kier molecular flexibility index (Phi) is 8.37. The Hall–Kier alpha value is -2.89. The molecular weight excluding hydrogens is 534 g/mol. The first-order valence-electron chi connectivity index (χ1n) is 15.1. The summed E-state index contributed by atoms with van der Waals surface area (Å²) in [7, 11) is 2.00. The van der Waals surface area contributed by atoms with E-state index in [9.17, 15) is 10.1 Å². The number of likely N-dealkylation sites (tertiary alicyclic amines) is 1. The van der Waals surface area contributed by atoms with Crippen LogP contribution in [0.5, 0.6) is 0 Å². The van der Waals surface area contributed by atoms with Gasteiger partial charge >= 0.3 is 0 Å². The molecule has 0 bridgehead atoms. The van der Waals surface area contributed by atoms with E-state index in [1.54, 1.807) is 0 Å². The third kappa shape index (κ3) is 5.76. The van der Waals surface area contributed by atoms with E-state index in [1.165, 1.54) is 12.8 Å². The van der Waals surface area contributed by atoms with Gasteiger partial charge in [-0.2, -0.15) is 5.26 Å². The molecule has 3 aromatic rings. The number of piperidine rings is 1. The maximum absolute atomic E-state index is 13.2. The van der Waals surface area contributed by atoms with E-state index in [1.807, 2.05) is 37.4 Å². The minimum absolute atomic E-state index is 0.103. The average molecular weight is 574 g/mol. The van der Waals surface area contributed by atoms with E-state index in [-0.39, 0.29) is 17.9 Å². The van der Waals surface area contributed by atoms with Gasteiger partial charge in [0.2, 0.25) is 5.91 Å². The number of nitrogens with one attached hydrogen (secondary N) is 2. The number of likely N-dealkylation sites (N-methyl/N-ethyl adjacent to an activating group) is 1. The van der Waals surface area contributed by atoms with Crippen molar-refractivity contribution < 1.29 is 9.53 Å². The number of nitriles is 1. The van der Waals surface area contributed by atoms with Gasteiger partial charge in [-0.05, 0) is 87.3 Å². The summed E-state index contributed by atoms with van der Waals surface area (Å²) in [6, 6.07) is 14.4. The second-order valence-corrected chi connectivity index (χ2v) is 12.6. The SMILES string of the molecule is CNCCN1CCC2(CC1)CC(C(=O)NCc1ccc3c(-c4cccc(C#N)c4)cn(C4CCOCC4)c3c1Cl)C2. The zero-order chi connectivity index (χ0) is 28.4. The molecule has 2 aromatic carbocycles. The van der Waals surface area contributed by atoms with Crippen molar-refractivity contribution >= 4 is 28.4 Å². The molecule has 8 heteroatoms. The zero-order valence-corrected chi connectivity index (χ0v) is 24.7. The Morgan fingerprint density at radius 3 is 2.68 bits per heavy atom. The first-order valence-corrected chi connectivity index (χ1v) is 15.4. The average Bonchev–Trinajstić information content (AvgIpc) is 3.40. The van der Waals surface area contributed by atoms with Gasteiger partial charge < -0.3 is 24.8 Å². The fourth-order valence-corrected chi connectivity index (χ4v) is 7.48. The number of ether oxygens (including phenoxy) is 1. The van der Waals surface area contributed by atoms with E-state index in [4.69, 9.17) is 16.3 Å². The van der Waals surface area contributed by atoms with Gasteiger partial charge in [-0.25, -0.2) is 0 Å². The summed E-state index contributed by atoms with van der Waals surface area (Å²) in [4.78, 5) is 15.7. The first-order chi connectivity index (χ1) is 20.0. The lowest BCUT2D eigenvalue weighted by Crippen LogP contribution is -2.51. The molecule has 6 rings (SSSR count). The molecule has 3 heterocycles. The van der Waals surface area contributed by atoms with E-state index >= 15 is 0 Å². The molecule has 0 unspecified atom stereocenters. The van der Waals surface area contributed by atoms with Gasteiger partial charge in [0.25, 0.3) is 0 Å². The van der Waals surface area contributed by atoms with Crippen molar-refractivity contribution in [2.45, 2.75) is 51.1 Å². The van der Waals surface area contributed by atoms with Crippen molar-refractivity contribution in [3.05, 3.63) is 58.7 Å². The molecule has 2 saturated heterocycles. The normalized spacial score (nSPS) is 19.7. The number of nitrogens with zero attached hydrogens (tertiary/aromatic N) is 3. The van der Waals surface area contributed by atoms with Gasteiger partial charge in [0.05, 0.1) is 22.2 Å². The van der Waals surface area contributed by atoms with Crippen LogP contribution < -0.4 is 10.6 Å². The van der Waals surface area contributed by atoms with Crippen molar-refractivity contribution in [1.82, 2.24) is 20.1 Å². The molecule has 2 N–H and O–H groups in total. The van der Waals surface area contributed by atoms with Crippen molar-refractivity contribution in [1.29, 1.82) is 5.26 Å². The highest BCUT2D eigenvalue weighted by molar-refractivity contribution is 6.36. The highest BCUT2D eigenvalue weighted by Crippen LogP contribution is 2.52. The number of hydrogen-bond donors (Lipinski definition) is 2. The topological polar surface area (TPSA) is 82.3 Å². The molecule has 216 valence electrons. The Morgan fingerprint density at radius 2 is 1.95 bits per heavy atom. The van der Waals surface area contributed by atoms with Crippen molar-refractivity contribution in [3.63, 3.8) is 0 Å². The number of halogens is 1. The van der Waals surface area contributed by atoms with Crippen LogP contribution in [0.25, 0.3) is 22.0 Å². The van der Waals surface area contributed by atoms with E-state index in [2.05, 4.69) is 38.4 Å². The fraction of sp³-hybridized carbons (Fsp3) is 0.515. The number of carbonyl (C=O) groups excluding carboxylic acids is 1. The molecule has 1 amide bonds. The fourth-order valence-electron chi connectivity index (χ4n) is 7.15. The van der Waals surface area contributed by atoms with Crippen LogP contribution in [-0.4, -0.2) is 61.8 Å². The number of hydrogen-bond acceptors (Lipinski definition) is 5. The lowest BCUT2D eigenvalue weighted by Gasteiger charge is -2.51. The van der Waals surface area contributed by atoms with E-state index in [0.29, 0.717) is 22.5 Å². The van der Waals surface area contributed by atoms with Crippen molar-refractivity contribution in [2.75, 3.05) is 46.4 Å². The zero-order valence-electron chi connectivity index (χ0n) is 23.9. The predicted octanol–water partition coefficient (Wildman–Crippen LogP) is 5.51. The lowest BCUT2D eigenvalue weighted by molar-refractivity contribution is -0.135. The summed E-state index contributed by atoms with van der Waals surface area (Å²) < 4.78 is 7.94. The van der Waals surface area contributed by atoms with Gasteiger partial charge in [0.15, 0.2) is 0 Å². The van der Waals surface area contributed by atoms with Gasteiger partial charge in [-0.15, -0.1) is 0 Å². The predicted molar refractivity (Wildman–Crippen MR) is 163 cm³/mol. The molecular formula is C33H40ClN5O2. The van der Waals surface area contributed by atoms with Crippen LogP contribution in [0.1, 0.15) is 55.7 Å². The minimum Gasteiger partial charge on any atom is -0.381 e. The summed E-state index contributed by atoms with van der Waals surface area (Å²) >= 11 is 7.14. The summed E-state index contributed by atoms with van der Waals surface area (Å²) in [6.07, 6.45) is 8.44. The number of rotatable bonds is 8.